The van der Waals surface area contributed by atoms with Gasteiger partial charge in [0.05, 0.1) is 0 Å². The normalized spacial score (nSPS) is 11.8. The van der Waals surface area contributed by atoms with Gasteiger partial charge in [-0.15, -0.1) is 0 Å². The maximum absolute atomic E-state index is 9.13. The topological polar surface area (TPSA) is 20.2 Å². The summed E-state index contributed by atoms with van der Waals surface area (Å²) in [6.07, 6.45) is 0.750. The zero-order valence-corrected chi connectivity index (χ0v) is 9.86. The second-order valence-electron chi connectivity index (χ2n) is 4.23. The number of halogens is 2. The van der Waals surface area contributed by atoms with Gasteiger partial charge < -0.3 is 5.11 Å². The van der Waals surface area contributed by atoms with Gasteiger partial charge in [0.15, 0.2) is 0 Å². The molecule has 0 aliphatic heterocycles. The van der Waals surface area contributed by atoms with Gasteiger partial charge in [-0.25, -0.2) is 0 Å². The van der Waals surface area contributed by atoms with Gasteiger partial charge in [0, 0.05) is 16.7 Å². The average molecular weight is 233 g/mol. The molecule has 0 aliphatic carbocycles. The first-order chi connectivity index (χ1) is 6.44. The highest BCUT2D eigenvalue weighted by Crippen LogP contribution is 2.27. The minimum absolute atomic E-state index is 0.141. The van der Waals surface area contributed by atoms with Crippen LogP contribution in [-0.4, -0.2) is 11.7 Å². The largest absolute Gasteiger partial charge is 0.396 e. The molecule has 0 radical (unpaired) electrons. The lowest BCUT2D eigenvalue weighted by Crippen LogP contribution is -2.19. The van der Waals surface area contributed by atoms with E-state index in [1.54, 1.807) is 6.07 Å². The average Bonchev–Trinajstić information content (AvgIpc) is 2.10. The van der Waals surface area contributed by atoms with E-state index < -0.39 is 0 Å². The molecule has 0 spiro atoms. The molecule has 0 bridgehead atoms. The van der Waals surface area contributed by atoms with Crippen LogP contribution >= 0.6 is 23.2 Å². The molecule has 0 heterocycles. The Morgan fingerprint density at radius 1 is 1.29 bits per heavy atom. The predicted octanol–water partition coefficient (Wildman–Crippen LogP) is 3.55. The summed E-state index contributed by atoms with van der Waals surface area (Å²) in [4.78, 5) is 0. The van der Waals surface area contributed by atoms with Gasteiger partial charge in [-0.3, -0.25) is 0 Å². The molecule has 1 nitrogen and oxygen atoms in total. The monoisotopic (exact) mass is 232 g/mol. The molecule has 0 fully saturated rings. The molecule has 3 heteroatoms. The molecule has 0 unspecified atom stereocenters. The second kappa shape index (κ2) is 4.52. The first kappa shape index (κ1) is 11.8. The van der Waals surface area contributed by atoms with Crippen LogP contribution in [0.5, 0.6) is 0 Å². The molecule has 0 aliphatic rings. The third kappa shape index (κ3) is 3.16. The second-order valence-corrected chi connectivity index (χ2v) is 5.08. The third-order valence-corrected chi connectivity index (χ3v) is 2.70. The van der Waals surface area contributed by atoms with Crippen LogP contribution in [0.3, 0.4) is 0 Å². The fraction of sp³-hybridized carbons (Fsp3) is 0.455. The number of aliphatic hydroxyl groups is 1. The van der Waals surface area contributed by atoms with E-state index in [-0.39, 0.29) is 12.0 Å². The molecule has 1 rings (SSSR count). The van der Waals surface area contributed by atoms with Gasteiger partial charge >= 0.3 is 0 Å². The van der Waals surface area contributed by atoms with E-state index in [0.29, 0.717) is 10.0 Å². The fourth-order valence-corrected chi connectivity index (χ4v) is 1.71. The first-order valence-corrected chi connectivity index (χ1v) is 5.25. The van der Waals surface area contributed by atoms with Gasteiger partial charge in [0.1, 0.15) is 0 Å². The summed E-state index contributed by atoms with van der Waals surface area (Å²) in [5.74, 6) is 0. The van der Waals surface area contributed by atoms with Crippen molar-refractivity contribution < 1.29 is 5.11 Å². The standard InChI is InChI=1S/C11H14Cl2O/c1-11(2,7-14)6-8-3-4-9(12)5-10(8)13/h3-5,14H,6-7H2,1-2H3. The molecule has 0 amide bonds. The van der Waals surface area contributed by atoms with Crippen LogP contribution in [-0.2, 0) is 6.42 Å². The Labute approximate surface area is 94.7 Å². The Morgan fingerprint density at radius 3 is 2.43 bits per heavy atom. The zero-order valence-electron chi connectivity index (χ0n) is 8.35. The quantitative estimate of drug-likeness (QED) is 0.846. The molecule has 1 aromatic carbocycles. The van der Waals surface area contributed by atoms with Crippen LogP contribution in [0.15, 0.2) is 18.2 Å². The van der Waals surface area contributed by atoms with Crippen molar-refractivity contribution in [2.24, 2.45) is 5.41 Å². The zero-order chi connectivity index (χ0) is 10.8. The molecular weight excluding hydrogens is 219 g/mol. The van der Waals surface area contributed by atoms with E-state index in [4.69, 9.17) is 28.3 Å². The maximum atomic E-state index is 9.13. The van der Waals surface area contributed by atoms with E-state index in [1.165, 1.54) is 0 Å². The maximum Gasteiger partial charge on any atom is 0.0485 e. The Hall–Kier alpha value is -0.240. The first-order valence-electron chi connectivity index (χ1n) is 4.49. The van der Waals surface area contributed by atoms with Crippen molar-refractivity contribution in [2.75, 3.05) is 6.61 Å². The van der Waals surface area contributed by atoms with Crippen molar-refractivity contribution in [3.05, 3.63) is 33.8 Å². The summed E-state index contributed by atoms with van der Waals surface area (Å²) in [7, 11) is 0. The van der Waals surface area contributed by atoms with Crippen LogP contribution < -0.4 is 0 Å². The lowest BCUT2D eigenvalue weighted by molar-refractivity contribution is 0.159. The fourth-order valence-electron chi connectivity index (χ4n) is 1.24. The molecule has 14 heavy (non-hydrogen) atoms. The van der Waals surface area contributed by atoms with Crippen LogP contribution in [0.2, 0.25) is 10.0 Å². The van der Waals surface area contributed by atoms with E-state index in [2.05, 4.69) is 0 Å². The Kier molecular flexibility index (Phi) is 3.82. The minimum atomic E-state index is -0.141. The van der Waals surface area contributed by atoms with E-state index in [9.17, 15) is 0 Å². The van der Waals surface area contributed by atoms with Gasteiger partial charge in [0.2, 0.25) is 0 Å². The van der Waals surface area contributed by atoms with Crippen LogP contribution in [0.4, 0.5) is 0 Å². The summed E-state index contributed by atoms with van der Waals surface area (Å²) < 4.78 is 0. The Balaban J connectivity index is 2.87. The molecule has 0 saturated heterocycles. The predicted molar refractivity (Wildman–Crippen MR) is 61.0 cm³/mol. The number of benzene rings is 1. The van der Waals surface area contributed by atoms with Crippen LogP contribution in [0.25, 0.3) is 0 Å². The lowest BCUT2D eigenvalue weighted by Gasteiger charge is -2.22. The molecule has 0 aromatic heterocycles. The van der Waals surface area contributed by atoms with Crippen molar-refractivity contribution in [3.8, 4) is 0 Å². The highest BCUT2D eigenvalue weighted by atomic mass is 35.5. The van der Waals surface area contributed by atoms with Crippen molar-refractivity contribution >= 4 is 23.2 Å². The number of rotatable bonds is 3. The van der Waals surface area contributed by atoms with Crippen molar-refractivity contribution in [2.45, 2.75) is 20.3 Å². The number of hydrogen-bond acceptors (Lipinski definition) is 1. The van der Waals surface area contributed by atoms with Crippen molar-refractivity contribution in [1.29, 1.82) is 0 Å². The summed E-state index contributed by atoms with van der Waals surface area (Å²) >= 11 is 11.8. The molecule has 0 saturated carbocycles. The molecule has 78 valence electrons. The molecule has 1 N–H and O–H groups in total. The highest BCUT2D eigenvalue weighted by molar-refractivity contribution is 6.35. The van der Waals surface area contributed by atoms with Crippen molar-refractivity contribution in [1.82, 2.24) is 0 Å². The van der Waals surface area contributed by atoms with E-state index in [1.807, 2.05) is 26.0 Å². The molecule has 1 aromatic rings. The van der Waals surface area contributed by atoms with Crippen molar-refractivity contribution in [3.63, 3.8) is 0 Å². The summed E-state index contributed by atoms with van der Waals surface area (Å²) in [5.41, 5.74) is 0.882. The Morgan fingerprint density at radius 2 is 1.93 bits per heavy atom. The SMILES string of the molecule is CC(C)(CO)Cc1ccc(Cl)cc1Cl. The third-order valence-electron chi connectivity index (χ3n) is 2.11. The molecule has 0 atom stereocenters. The Bertz CT molecular complexity index is 321. The lowest BCUT2D eigenvalue weighted by atomic mass is 9.87. The summed E-state index contributed by atoms with van der Waals surface area (Å²) in [6, 6.07) is 5.45. The van der Waals surface area contributed by atoms with Gasteiger partial charge in [-0.05, 0) is 29.5 Å². The number of hydrogen-bond donors (Lipinski definition) is 1. The smallest absolute Gasteiger partial charge is 0.0485 e. The summed E-state index contributed by atoms with van der Waals surface area (Å²) in [5, 5.41) is 10.4. The van der Waals surface area contributed by atoms with E-state index in [0.717, 1.165) is 12.0 Å². The van der Waals surface area contributed by atoms with E-state index >= 15 is 0 Å². The summed E-state index contributed by atoms with van der Waals surface area (Å²) in [6.45, 7) is 4.14. The minimum Gasteiger partial charge on any atom is -0.396 e. The molecular formula is C11H14Cl2O. The van der Waals surface area contributed by atoms with Crippen LogP contribution in [0.1, 0.15) is 19.4 Å². The van der Waals surface area contributed by atoms with Crippen LogP contribution in [0, 0.1) is 5.41 Å². The highest BCUT2D eigenvalue weighted by Gasteiger charge is 2.18. The van der Waals surface area contributed by atoms with Gasteiger partial charge in [0.25, 0.3) is 0 Å². The number of aliphatic hydroxyl groups excluding tert-OH is 1. The van der Waals surface area contributed by atoms with Gasteiger partial charge in [-0.2, -0.15) is 0 Å². The van der Waals surface area contributed by atoms with Gasteiger partial charge in [-0.1, -0.05) is 43.1 Å².